The number of nitrogens with zero attached hydrogens (tertiary/aromatic N) is 10. The van der Waals surface area contributed by atoms with Crippen LogP contribution in [0.5, 0.6) is 11.5 Å². The Labute approximate surface area is 854 Å². The summed E-state index contributed by atoms with van der Waals surface area (Å²) >= 11 is 14.4. The monoisotopic (exact) mass is 2070 g/mol. The van der Waals surface area contributed by atoms with Crippen LogP contribution in [-0.2, 0) is 92.2 Å². The lowest BCUT2D eigenvalue weighted by Crippen LogP contribution is -2.58. The number of thiazole rings is 2. The van der Waals surface area contributed by atoms with Crippen LogP contribution in [0.4, 0.5) is 49.1 Å². The first-order chi connectivity index (χ1) is 67.8. The van der Waals surface area contributed by atoms with Gasteiger partial charge in [0.1, 0.15) is 73.2 Å². The van der Waals surface area contributed by atoms with E-state index in [1.807, 2.05) is 150 Å². The number of benzene rings is 6. The molecule has 4 aliphatic heterocycles. The molecule has 4 saturated heterocycles. The van der Waals surface area contributed by atoms with Gasteiger partial charge in [-0.15, -0.1) is 22.7 Å². The average molecular weight is 2070 g/mol. The van der Waals surface area contributed by atoms with Crippen LogP contribution in [0.3, 0.4) is 0 Å². The highest BCUT2D eigenvalue weighted by Crippen LogP contribution is 2.44. The number of amides is 8. The number of thiocarbonyl (C=S) groups is 2. The van der Waals surface area contributed by atoms with E-state index in [4.69, 9.17) is 62.3 Å². The van der Waals surface area contributed by atoms with Gasteiger partial charge in [0.25, 0.3) is 11.8 Å². The number of halogens is 6. The highest BCUT2D eigenvalue weighted by atomic mass is 32.1. The number of nitriles is 2. The van der Waals surface area contributed by atoms with Gasteiger partial charge in [0.2, 0.25) is 35.4 Å². The van der Waals surface area contributed by atoms with Gasteiger partial charge in [-0.05, 0) is 236 Å². The molecule has 12 rings (SSSR count). The molecule has 0 saturated carbocycles. The Morgan fingerprint density at radius 2 is 0.819 bits per heavy atom. The van der Waals surface area contributed by atoms with Crippen LogP contribution < -0.4 is 50.3 Å². The number of likely N-dealkylation sites (tertiary alicyclic amines) is 2. The van der Waals surface area contributed by atoms with Gasteiger partial charge in [0, 0.05) is 37.6 Å². The standard InChI is InChI=1S/2C52H62F3N7O8S2/c1-31-24-42(46(64)57-27-35-10-12-36(13-11-35)44-32(2)58-30-72-44)60(28-31)47(65)45(50(5,6)7)59-43(63)29-70-34(4)33(3)68-22-20-67-21-23-69-40-18-16-38(17-19-40)62-49(71)61(48(66)51(62,8)9)39-15-14-37(26-56)41(25-39)52(53,54)55;1-31-24-42(46(64)57-27-35-10-12-36(13-11-35)44-32(2)58-30-72-44)60(28-31)47(65)45(50(5,6)7)59-43(63)29-67-20-21-68-33(3)34(4)69-22-23-70-40-18-16-38(17-19-40)62-49(71)61(48(66)51(62,8)9)39-15-14-37(26-56)41(25-39)52(53,54)55/h2*10-19,25,30-31,33-34,42,45H,20-24,27-29H2,1-9H3,(H,57,64)(H,59,63)/t2*31-,33-,34-,42+,45-/m11/s1. The number of aromatic nitrogens is 2. The summed E-state index contributed by atoms with van der Waals surface area (Å²) in [6.07, 6.45) is -10.2. The fourth-order valence-corrected chi connectivity index (χ4v) is 19.6. The van der Waals surface area contributed by atoms with Crippen LogP contribution in [0, 0.1) is 59.2 Å². The predicted molar refractivity (Wildman–Crippen MR) is 542 cm³/mol. The third-order valence-electron chi connectivity index (χ3n) is 25.3. The fraction of sp³-hybridized carbons (Fsp3) is 0.481. The summed E-state index contributed by atoms with van der Waals surface area (Å²) in [5, 5.41) is 30.2. The van der Waals surface area contributed by atoms with E-state index in [-0.39, 0.29) is 135 Å². The summed E-state index contributed by atoms with van der Waals surface area (Å²) in [6.45, 7) is 35.3. The number of anilines is 4. The second kappa shape index (κ2) is 48.4. The second-order valence-electron chi connectivity index (χ2n) is 39.2. The van der Waals surface area contributed by atoms with Gasteiger partial charge in [-0.3, -0.25) is 48.2 Å². The molecule has 8 amide bonds. The first-order valence-electron chi connectivity index (χ1n) is 47.3. The van der Waals surface area contributed by atoms with Crippen molar-refractivity contribution in [3.8, 4) is 44.5 Å². The minimum absolute atomic E-state index is 0.0196. The van der Waals surface area contributed by atoms with E-state index in [1.54, 1.807) is 138 Å². The molecule has 4 aliphatic rings. The molecule has 10 atom stereocenters. The highest BCUT2D eigenvalue weighted by Gasteiger charge is 2.54. The maximum atomic E-state index is 14.2. The molecule has 0 unspecified atom stereocenters. The summed E-state index contributed by atoms with van der Waals surface area (Å²) in [6, 6.07) is 35.4. The van der Waals surface area contributed by atoms with Crippen LogP contribution in [0.25, 0.3) is 20.9 Å². The van der Waals surface area contributed by atoms with Crippen LogP contribution >= 0.6 is 47.1 Å². The van der Waals surface area contributed by atoms with Crippen molar-refractivity contribution in [2.24, 2.45) is 22.7 Å². The van der Waals surface area contributed by atoms with Crippen molar-refractivity contribution in [2.45, 2.75) is 223 Å². The molecule has 8 aromatic rings. The number of aryl methyl sites for hydroxylation is 2. The maximum absolute atomic E-state index is 14.2. The lowest BCUT2D eigenvalue weighted by atomic mass is 9.85. The topological polar surface area (TPSA) is 351 Å². The molecule has 0 aliphatic carbocycles. The van der Waals surface area contributed by atoms with Crippen LogP contribution in [0.2, 0.25) is 0 Å². The third kappa shape index (κ3) is 28.0. The van der Waals surface area contributed by atoms with E-state index in [1.165, 1.54) is 12.1 Å². The molecule has 6 aromatic carbocycles. The van der Waals surface area contributed by atoms with E-state index in [2.05, 4.69) is 31.2 Å². The summed E-state index contributed by atoms with van der Waals surface area (Å²) in [5.41, 5.74) is 3.13. The number of nitrogens with one attached hydrogen (secondary N) is 4. The lowest BCUT2D eigenvalue weighted by molar-refractivity contribution is -0.145. The van der Waals surface area contributed by atoms with E-state index >= 15 is 0 Å². The smallest absolute Gasteiger partial charge is 0.417 e. The Hall–Kier alpha value is -12.0. The molecule has 4 N–H and O–H groups in total. The van der Waals surface area contributed by atoms with Crippen molar-refractivity contribution in [1.29, 1.82) is 10.5 Å². The van der Waals surface area contributed by atoms with Crippen molar-refractivity contribution in [3.63, 3.8) is 0 Å². The van der Waals surface area contributed by atoms with Gasteiger partial charge in [0.05, 0.1) is 142 Å². The summed E-state index contributed by atoms with van der Waals surface area (Å²) in [5.74, 6) is -1.95. The quantitative estimate of drug-likeness (QED) is 0.0157. The van der Waals surface area contributed by atoms with Crippen molar-refractivity contribution in [3.05, 3.63) is 189 Å². The Bertz CT molecular complexity index is 5980. The first kappa shape index (κ1) is 112. The molecular formula is C104H124F6N14O16S4. The Balaban J connectivity index is 0.000000274. The molecule has 0 bridgehead atoms. The minimum atomic E-state index is -4.81. The minimum Gasteiger partial charge on any atom is -0.491 e. The van der Waals surface area contributed by atoms with Gasteiger partial charge in [-0.25, -0.2) is 9.97 Å². The predicted octanol–water partition coefficient (Wildman–Crippen LogP) is 16.4. The number of alkyl halides is 6. The van der Waals surface area contributed by atoms with Crippen molar-refractivity contribution < 1.29 is 103 Å². The molecule has 30 nitrogen and oxygen atoms in total. The molecule has 40 heteroatoms. The summed E-state index contributed by atoms with van der Waals surface area (Å²) < 4.78 is 129. The highest BCUT2D eigenvalue weighted by molar-refractivity contribution is 7.81. The van der Waals surface area contributed by atoms with E-state index < -0.39 is 117 Å². The Morgan fingerprint density at radius 1 is 0.479 bits per heavy atom. The van der Waals surface area contributed by atoms with Gasteiger partial charge in [-0.1, -0.05) is 104 Å². The molecule has 0 spiro atoms. The molecule has 144 heavy (non-hydrogen) atoms. The number of carbonyl (C=O) groups is 8. The average Bonchev–Trinajstić information content (AvgIpc) is 1.58. The largest absolute Gasteiger partial charge is 0.491 e. The van der Waals surface area contributed by atoms with Crippen LogP contribution in [0.1, 0.15) is 168 Å². The SMILES string of the molecule is Cc1ncsc1-c1ccc(CNC(=O)[C@@H]2C[C@@H](C)CN2C(=O)[C@@H](NC(=O)COCCO[C@H](C)[C@@H](C)OCCOc2ccc(N3C(=S)N(c4ccc(C#N)c(C(F)(F)F)c4)C(=O)C3(C)C)cc2)C(C)(C)C)cc1.Cc1ncsc1-c1ccc(CNC(=O)[C@@H]2C[C@@H](C)CN2C(=O)[C@@H](NC(=O)CO[C@H](C)[C@@H](C)OCCOCCOc2ccc(N3C(=S)N(c4ccc(C#N)c(C(F)(F)F)c4)C(=O)C3(C)C)cc2)C(C)(C)C)cc1. The van der Waals surface area contributed by atoms with Crippen LogP contribution in [-0.4, -0.2) is 216 Å². The molecule has 2 aromatic heterocycles. The molecule has 772 valence electrons. The number of hydrogen-bond acceptors (Lipinski definition) is 24. The molecule has 0 radical (unpaired) electrons. The Morgan fingerprint density at radius 3 is 1.17 bits per heavy atom. The maximum Gasteiger partial charge on any atom is 0.417 e. The Kier molecular flexibility index (Phi) is 37.7. The third-order valence-corrected chi connectivity index (χ3v) is 27.9. The van der Waals surface area contributed by atoms with Gasteiger partial charge < -0.3 is 78.8 Å². The van der Waals surface area contributed by atoms with E-state index in [9.17, 15) is 75.2 Å². The van der Waals surface area contributed by atoms with E-state index in [0.29, 0.717) is 61.9 Å². The zero-order chi connectivity index (χ0) is 105. The van der Waals surface area contributed by atoms with Crippen molar-refractivity contribution >= 4 is 127 Å². The van der Waals surface area contributed by atoms with Gasteiger partial charge in [0.15, 0.2) is 10.2 Å². The zero-order valence-corrected chi connectivity index (χ0v) is 87.1. The molecular weight excluding hydrogens is 1940 g/mol. The molecule has 6 heterocycles. The summed E-state index contributed by atoms with van der Waals surface area (Å²) in [4.78, 5) is 128. The lowest BCUT2D eigenvalue weighted by Gasteiger charge is -2.35. The normalized spacial score (nSPS) is 18.2. The van der Waals surface area contributed by atoms with Gasteiger partial charge >= 0.3 is 12.4 Å². The van der Waals surface area contributed by atoms with Crippen molar-refractivity contribution in [1.82, 2.24) is 41.0 Å². The molecule has 4 fully saturated rings. The van der Waals surface area contributed by atoms with Crippen molar-refractivity contribution in [2.75, 3.05) is 98.8 Å². The number of rotatable bonds is 40. The summed E-state index contributed by atoms with van der Waals surface area (Å²) in [7, 11) is 0. The van der Waals surface area contributed by atoms with Gasteiger partial charge in [-0.2, -0.15) is 36.9 Å². The van der Waals surface area contributed by atoms with Crippen LogP contribution in [0.15, 0.2) is 144 Å². The number of ether oxygens (including phenoxy) is 8. The zero-order valence-electron chi connectivity index (χ0n) is 83.8. The number of hydrogen-bond donors (Lipinski definition) is 4. The van der Waals surface area contributed by atoms with E-state index in [0.717, 1.165) is 77.5 Å². The number of carbonyl (C=O) groups excluding carboxylic acids is 8. The second-order valence-corrected chi connectivity index (χ2v) is 41.6. The fourth-order valence-electron chi connectivity index (χ4n) is 16.9. The first-order valence-corrected chi connectivity index (χ1v) is 49.8.